The molecule has 0 unspecified atom stereocenters. The summed E-state index contributed by atoms with van der Waals surface area (Å²) >= 11 is 0. The normalized spacial score (nSPS) is 17.8. The number of carbonyl (C=O) groups excluding carboxylic acids is 1. The van der Waals surface area contributed by atoms with Crippen molar-refractivity contribution < 1.29 is 18.0 Å². The molecular formula is C15H19F3N2O. The lowest BCUT2D eigenvalue weighted by Crippen LogP contribution is -2.57. The van der Waals surface area contributed by atoms with E-state index in [4.69, 9.17) is 0 Å². The van der Waals surface area contributed by atoms with E-state index in [0.29, 0.717) is 5.56 Å². The zero-order valence-corrected chi connectivity index (χ0v) is 12.1. The minimum Gasteiger partial charge on any atom is -0.314 e. The molecular weight excluding hydrogens is 281 g/mol. The Balaban J connectivity index is 2.18. The van der Waals surface area contributed by atoms with Crippen LogP contribution in [-0.4, -0.2) is 42.4 Å². The second-order valence-corrected chi connectivity index (χ2v) is 5.70. The van der Waals surface area contributed by atoms with Gasteiger partial charge in [0.15, 0.2) is 5.78 Å². The quantitative estimate of drug-likeness (QED) is 0.871. The number of alkyl halides is 3. The second-order valence-electron chi connectivity index (χ2n) is 5.70. The van der Waals surface area contributed by atoms with Crippen molar-refractivity contribution in [2.75, 3.05) is 26.2 Å². The minimum atomic E-state index is -4.38. The third-order valence-corrected chi connectivity index (χ3v) is 3.94. The highest BCUT2D eigenvalue weighted by atomic mass is 19.4. The fourth-order valence-electron chi connectivity index (χ4n) is 2.53. The zero-order chi connectivity index (χ0) is 15.7. The summed E-state index contributed by atoms with van der Waals surface area (Å²) in [6, 6.07) is 4.44. The van der Waals surface area contributed by atoms with Gasteiger partial charge in [-0.15, -0.1) is 0 Å². The molecule has 1 N–H and O–H groups in total. The van der Waals surface area contributed by atoms with Gasteiger partial charge in [-0.05, 0) is 26.0 Å². The predicted molar refractivity (Wildman–Crippen MR) is 74.3 cm³/mol. The number of nitrogens with one attached hydrogen (secondary N) is 1. The molecule has 0 saturated carbocycles. The topological polar surface area (TPSA) is 32.3 Å². The average molecular weight is 300 g/mol. The number of Topliss-reactive ketones (excluding diaryl/α,β-unsaturated/α-hetero) is 1. The number of carbonyl (C=O) groups is 1. The van der Waals surface area contributed by atoms with Gasteiger partial charge in [0.1, 0.15) is 0 Å². The lowest BCUT2D eigenvalue weighted by Gasteiger charge is -2.40. The highest BCUT2D eigenvalue weighted by molar-refractivity contribution is 6.02. The fourth-order valence-corrected chi connectivity index (χ4v) is 2.53. The van der Waals surface area contributed by atoms with E-state index in [1.807, 2.05) is 13.8 Å². The highest BCUT2D eigenvalue weighted by Crippen LogP contribution is 2.30. The first-order valence-corrected chi connectivity index (χ1v) is 6.91. The predicted octanol–water partition coefficient (Wildman–Crippen LogP) is 2.57. The molecule has 0 atom stereocenters. The standard InChI is InChI=1S/C15H19F3N2O/c1-14(2,20-9-7-19-8-10-20)13(21)11-3-5-12(6-4-11)15(16,17)18/h3-6,19H,7-10H2,1-2H3. The number of hydrogen-bond acceptors (Lipinski definition) is 3. The summed E-state index contributed by atoms with van der Waals surface area (Å²) in [5.74, 6) is -0.155. The molecule has 6 heteroatoms. The molecule has 0 amide bonds. The van der Waals surface area contributed by atoms with E-state index in [9.17, 15) is 18.0 Å². The van der Waals surface area contributed by atoms with Gasteiger partial charge in [0, 0.05) is 31.7 Å². The number of nitrogens with zero attached hydrogens (tertiary/aromatic N) is 1. The van der Waals surface area contributed by atoms with E-state index in [-0.39, 0.29) is 5.78 Å². The van der Waals surface area contributed by atoms with Crippen molar-refractivity contribution in [2.45, 2.75) is 25.6 Å². The summed E-state index contributed by atoms with van der Waals surface area (Å²) < 4.78 is 37.6. The highest BCUT2D eigenvalue weighted by Gasteiger charge is 2.36. The Bertz CT molecular complexity index is 503. The molecule has 0 aliphatic carbocycles. The van der Waals surface area contributed by atoms with Crippen LogP contribution in [0.3, 0.4) is 0 Å². The molecule has 1 saturated heterocycles. The van der Waals surface area contributed by atoms with Gasteiger partial charge >= 0.3 is 6.18 Å². The number of ketones is 1. The van der Waals surface area contributed by atoms with Crippen LogP contribution in [0, 0.1) is 0 Å². The van der Waals surface area contributed by atoms with Gasteiger partial charge in [0.25, 0.3) is 0 Å². The van der Waals surface area contributed by atoms with Crippen molar-refractivity contribution in [2.24, 2.45) is 0 Å². The molecule has 21 heavy (non-hydrogen) atoms. The van der Waals surface area contributed by atoms with Crippen LogP contribution in [0.1, 0.15) is 29.8 Å². The van der Waals surface area contributed by atoms with Crippen molar-refractivity contribution in [3.63, 3.8) is 0 Å². The van der Waals surface area contributed by atoms with Crippen molar-refractivity contribution in [3.05, 3.63) is 35.4 Å². The molecule has 1 fully saturated rings. The van der Waals surface area contributed by atoms with Crippen LogP contribution in [0.5, 0.6) is 0 Å². The number of halogens is 3. The number of piperazine rings is 1. The summed E-state index contributed by atoms with van der Waals surface area (Å²) in [6.07, 6.45) is -4.38. The van der Waals surface area contributed by atoms with Crippen molar-refractivity contribution >= 4 is 5.78 Å². The van der Waals surface area contributed by atoms with Gasteiger partial charge < -0.3 is 5.32 Å². The molecule has 1 heterocycles. The molecule has 0 aromatic heterocycles. The van der Waals surface area contributed by atoms with Crippen molar-refractivity contribution in [1.29, 1.82) is 0 Å². The Morgan fingerprint density at radius 3 is 2.10 bits per heavy atom. The van der Waals surface area contributed by atoms with Gasteiger partial charge in [-0.25, -0.2) is 0 Å². The summed E-state index contributed by atoms with van der Waals surface area (Å²) in [7, 11) is 0. The zero-order valence-electron chi connectivity index (χ0n) is 12.1. The minimum absolute atomic E-state index is 0.155. The largest absolute Gasteiger partial charge is 0.416 e. The maximum atomic E-state index is 12.6. The molecule has 2 rings (SSSR count). The van der Waals surface area contributed by atoms with E-state index in [2.05, 4.69) is 10.2 Å². The second kappa shape index (κ2) is 5.77. The summed E-state index contributed by atoms with van der Waals surface area (Å²) in [5, 5.41) is 3.21. The van der Waals surface area contributed by atoms with Crippen LogP contribution >= 0.6 is 0 Å². The lowest BCUT2D eigenvalue weighted by molar-refractivity contribution is -0.137. The van der Waals surface area contributed by atoms with E-state index in [1.54, 1.807) is 0 Å². The number of benzene rings is 1. The molecule has 1 aliphatic heterocycles. The van der Waals surface area contributed by atoms with E-state index < -0.39 is 17.3 Å². The van der Waals surface area contributed by atoms with Crippen LogP contribution in [0.2, 0.25) is 0 Å². The molecule has 1 aromatic carbocycles. The average Bonchev–Trinajstić information content (AvgIpc) is 2.46. The van der Waals surface area contributed by atoms with E-state index in [1.165, 1.54) is 12.1 Å². The Hall–Kier alpha value is -1.40. The van der Waals surface area contributed by atoms with Gasteiger partial charge in [-0.2, -0.15) is 13.2 Å². The van der Waals surface area contributed by atoms with Crippen LogP contribution in [0.4, 0.5) is 13.2 Å². The Morgan fingerprint density at radius 1 is 1.10 bits per heavy atom. The Morgan fingerprint density at radius 2 is 1.62 bits per heavy atom. The first-order chi connectivity index (χ1) is 9.73. The first-order valence-electron chi connectivity index (χ1n) is 6.91. The SMILES string of the molecule is CC(C)(C(=O)c1ccc(C(F)(F)F)cc1)N1CCNCC1. The van der Waals surface area contributed by atoms with Gasteiger partial charge in [0.05, 0.1) is 11.1 Å². The smallest absolute Gasteiger partial charge is 0.314 e. The molecule has 0 radical (unpaired) electrons. The first kappa shape index (κ1) is 16.0. The van der Waals surface area contributed by atoms with Gasteiger partial charge in [-0.1, -0.05) is 12.1 Å². The third-order valence-electron chi connectivity index (χ3n) is 3.94. The molecule has 3 nitrogen and oxygen atoms in total. The van der Waals surface area contributed by atoms with Crippen LogP contribution in [-0.2, 0) is 6.18 Å². The Kier molecular flexibility index (Phi) is 4.39. The summed E-state index contributed by atoms with van der Waals surface area (Å²) in [6.45, 7) is 6.75. The maximum absolute atomic E-state index is 12.6. The number of hydrogen-bond donors (Lipinski definition) is 1. The maximum Gasteiger partial charge on any atom is 0.416 e. The molecule has 1 aromatic rings. The van der Waals surface area contributed by atoms with E-state index >= 15 is 0 Å². The summed E-state index contributed by atoms with van der Waals surface area (Å²) in [4.78, 5) is 14.6. The molecule has 0 spiro atoms. The molecule has 0 bridgehead atoms. The lowest BCUT2D eigenvalue weighted by atomic mass is 9.90. The van der Waals surface area contributed by atoms with Crippen molar-refractivity contribution in [1.82, 2.24) is 10.2 Å². The molecule has 1 aliphatic rings. The molecule has 116 valence electrons. The van der Waals surface area contributed by atoms with Gasteiger partial charge in [-0.3, -0.25) is 9.69 Å². The van der Waals surface area contributed by atoms with Crippen LogP contribution < -0.4 is 5.32 Å². The van der Waals surface area contributed by atoms with Crippen molar-refractivity contribution in [3.8, 4) is 0 Å². The van der Waals surface area contributed by atoms with E-state index in [0.717, 1.165) is 38.3 Å². The summed E-state index contributed by atoms with van der Waals surface area (Å²) in [5.41, 5.74) is -1.15. The van der Waals surface area contributed by atoms with Crippen LogP contribution in [0.25, 0.3) is 0 Å². The van der Waals surface area contributed by atoms with Crippen LogP contribution in [0.15, 0.2) is 24.3 Å². The fraction of sp³-hybridized carbons (Fsp3) is 0.533. The Labute approximate surface area is 122 Å². The van der Waals surface area contributed by atoms with Gasteiger partial charge in [0.2, 0.25) is 0 Å². The number of rotatable bonds is 3. The monoisotopic (exact) mass is 300 g/mol. The third kappa shape index (κ3) is 3.44.